The highest BCUT2D eigenvalue weighted by molar-refractivity contribution is 5.69. The molecule has 0 bridgehead atoms. The summed E-state index contributed by atoms with van der Waals surface area (Å²) in [5.74, 6) is -0.0158. The van der Waals surface area contributed by atoms with E-state index in [-0.39, 0.29) is 5.97 Å². The predicted molar refractivity (Wildman–Crippen MR) is 81.1 cm³/mol. The van der Waals surface area contributed by atoms with Crippen LogP contribution in [0.5, 0.6) is 0 Å². The number of unbranched alkanes of at least 4 members (excludes halogenated alkanes) is 4. The van der Waals surface area contributed by atoms with E-state index in [9.17, 15) is 4.79 Å². The zero-order valence-electron chi connectivity index (χ0n) is 13.5. The molecule has 0 aliphatic heterocycles. The Kier molecular flexibility index (Phi) is 10.9. The van der Waals surface area contributed by atoms with Crippen LogP contribution in [0.3, 0.4) is 0 Å². The lowest BCUT2D eigenvalue weighted by Crippen LogP contribution is -2.49. The fourth-order valence-electron chi connectivity index (χ4n) is 2.44. The Bertz CT molecular complexity index is 217. The van der Waals surface area contributed by atoms with E-state index in [0.29, 0.717) is 13.0 Å². The molecule has 0 amide bonds. The molecule has 0 N–H and O–H groups in total. The molecule has 0 saturated heterocycles. The molecule has 0 aromatic rings. The van der Waals surface area contributed by atoms with Gasteiger partial charge in [0.05, 0.1) is 19.6 Å². The SMILES string of the molecule is CCCCCCCC(=O)OCC[N+](CC)(CC)CC. The molecule has 0 unspecified atom stereocenters. The quantitative estimate of drug-likeness (QED) is 0.307. The van der Waals surface area contributed by atoms with Gasteiger partial charge in [0, 0.05) is 6.42 Å². The monoisotopic (exact) mass is 272 g/mol. The number of likely N-dealkylation sites (N-methyl/N-ethyl adjacent to an activating group) is 1. The molecule has 0 aromatic carbocycles. The summed E-state index contributed by atoms with van der Waals surface area (Å²) in [6.45, 7) is 13.7. The van der Waals surface area contributed by atoms with Gasteiger partial charge in [-0.3, -0.25) is 4.79 Å². The van der Waals surface area contributed by atoms with Gasteiger partial charge in [0.1, 0.15) is 13.2 Å². The summed E-state index contributed by atoms with van der Waals surface area (Å²) in [5, 5.41) is 0. The molecular weight excluding hydrogens is 238 g/mol. The zero-order chi connectivity index (χ0) is 14.6. The summed E-state index contributed by atoms with van der Waals surface area (Å²) < 4.78 is 6.40. The fraction of sp³-hybridized carbons (Fsp3) is 0.938. The molecule has 3 nitrogen and oxygen atoms in total. The van der Waals surface area contributed by atoms with Crippen LogP contribution >= 0.6 is 0 Å². The number of hydrogen-bond acceptors (Lipinski definition) is 2. The molecule has 19 heavy (non-hydrogen) atoms. The Morgan fingerprint density at radius 1 is 0.895 bits per heavy atom. The number of rotatable bonds is 12. The first-order valence-corrected chi connectivity index (χ1v) is 8.14. The second kappa shape index (κ2) is 11.3. The van der Waals surface area contributed by atoms with Crippen molar-refractivity contribution in [2.24, 2.45) is 0 Å². The third kappa shape index (κ3) is 8.25. The van der Waals surface area contributed by atoms with Crippen molar-refractivity contribution in [1.29, 1.82) is 0 Å². The molecule has 0 spiro atoms. The molecule has 0 atom stereocenters. The normalized spacial score (nSPS) is 11.6. The Labute approximate surface area is 119 Å². The lowest BCUT2D eigenvalue weighted by molar-refractivity contribution is -0.923. The van der Waals surface area contributed by atoms with Gasteiger partial charge < -0.3 is 9.22 Å². The van der Waals surface area contributed by atoms with Crippen LogP contribution in [0.15, 0.2) is 0 Å². The maximum absolute atomic E-state index is 11.6. The van der Waals surface area contributed by atoms with Gasteiger partial charge in [-0.2, -0.15) is 0 Å². The van der Waals surface area contributed by atoms with Crippen LogP contribution in [0.4, 0.5) is 0 Å². The van der Waals surface area contributed by atoms with Crippen molar-refractivity contribution in [1.82, 2.24) is 0 Å². The Morgan fingerprint density at radius 3 is 2.00 bits per heavy atom. The summed E-state index contributed by atoms with van der Waals surface area (Å²) in [5.41, 5.74) is 0. The third-order valence-corrected chi connectivity index (χ3v) is 4.33. The minimum absolute atomic E-state index is 0.0158. The van der Waals surface area contributed by atoms with Crippen molar-refractivity contribution in [2.45, 2.75) is 66.2 Å². The highest BCUT2D eigenvalue weighted by Gasteiger charge is 2.20. The van der Waals surface area contributed by atoms with Crippen molar-refractivity contribution in [2.75, 3.05) is 32.8 Å². The van der Waals surface area contributed by atoms with Crippen LogP contribution in [-0.4, -0.2) is 43.2 Å². The molecule has 0 aliphatic carbocycles. The first-order valence-electron chi connectivity index (χ1n) is 8.14. The Morgan fingerprint density at radius 2 is 1.47 bits per heavy atom. The van der Waals surface area contributed by atoms with Crippen LogP contribution < -0.4 is 0 Å². The van der Waals surface area contributed by atoms with Gasteiger partial charge in [-0.15, -0.1) is 0 Å². The van der Waals surface area contributed by atoms with Gasteiger partial charge in [0.2, 0.25) is 0 Å². The van der Waals surface area contributed by atoms with Gasteiger partial charge in [-0.25, -0.2) is 0 Å². The number of hydrogen-bond donors (Lipinski definition) is 0. The van der Waals surface area contributed by atoms with Crippen LogP contribution in [0.2, 0.25) is 0 Å². The van der Waals surface area contributed by atoms with Crippen LogP contribution in [-0.2, 0) is 9.53 Å². The van der Waals surface area contributed by atoms with Gasteiger partial charge >= 0.3 is 5.97 Å². The van der Waals surface area contributed by atoms with Gasteiger partial charge in [0.15, 0.2) is 0 Å². The van der Waals surface area contributed by atoms with E-state index in [0.717, 1.165) is 43.5 Å². The van der Waals surface area contributed by atoms with Crippen molar-refractivity contribution in [3.05, 3.63) is 0 Å². The molecule has 0 heterocycles. The van der Waals surface area contributed by atoms with E-state index in [4.69, 9.17) is 4.74 Å². The van der Waals surface area contributed by atoms with Gasteiger partial charge in [0.25, 0.3) is 0 Å². The van der Waals surface area contributed by atoms with E-state index in [2.05, 4.69) is 27.7 Å². The number of carbonyl (C=O) groups excluding carboxylic acids is 1. The number of esters is 1. The first kappa shape index (κ1) is 18.4. The standard InChI is InChI=1S/C16H34NO2/c1-5-9-10-11-12-13-16(18)19-15-14-17(6-2,7-3)8-4/h5-15H2,1-4H3/q+1. The van der Waals surface area contributed by atoms with Crippen LogP contribution in [0, 0.1) is 0 Å². The Hall–Kier alpha value is -0.570. The minimum Gasteiger partial charge on any atom is -0.460 e. The van der Waals surface area contributed by atoms with Crippen LogP contribution in [0.1, 0.15) is 66.2 Å². The van der Waals surface area contributed by atoms with E-state index in [1.54, 1.807) is 0 Å². The molecule has 0 saturated carbocycles. The zero-order valence-corrected chi connectivity index (χ0v) is 13.5. The molecule has 0 fully saturated rings. The van der Waals surface area contributed by atoms with Gasteiger partial charge in [-0.05, 0) is 27.2 Å². The van der Waals surface area contributed by atoms with Crippen molar-refractivity contribution >= 4 is 5.97 Å². The summed E-state index contributed by atoms with van der Waals surface area (Å²) in [6.07, 6.45) is 6.49. The highest BCUT2D eigenvalue weighted by Crippen LogP contribution is 2.07. The lowest BCUT2D eigenvalue weighted by Gasteiger charge is -2.35. The van der Waals surface area contributed by atoms with E-state index < -0.39 is 0 Å². The smallest absolute Gasteiger partial charge is 0.305 e. The van der Waals surface area contributed by atoms with Crippen molar-refractivity contribution in [3.8, 4) is 0 Å². The summed E-state index contributed by atoms with van der Waals surface area (Å²) in [4.78, 5) is 11.6. The highest BCUT2D eigenvalue weighted by atomic mass is 16.5. The van der Waals surface area contributed by atoms with Crippen molar-refractivity contribution < 1.29 is 14.0 Å². The lowest BCUT2D eigenvalue weighted by atomic mass is 10.1. The molecule has 0 rings (SSSR count). The molecule has 0 aliphatic rings. The summed E-state index contributed by atoms with van der Waals surface area (Å²) in [6, 6.07) is 0. The average Bonchev–Trinajstić information content (AvgIpc) is 2.44. The maximum atomic E-state index is 11.6. The number of nitrogens with zero attached hydrogens (tertiary/aromatic N) is 1. The third-order valence-electron chi connectivity index (χ3n) is 4.33. The van der Waals surface area contributed by atoms with E-state index in [1.165, 1.54) is 19.3 Å². The van der Waals surface area contributed by atoms with Crippen molar-refractivity contribution in [3.63, 3.8) is 0 Å². The minimum atomic E-state index is -0.0158. The molecule has 0 aromatic heterocycles. The average molecular weight is 272 g/mol. The van der Waals surface area contributed by atoms with E-state index >= 15 is 0 Å². The molecular formula is C16H34NO2+. The number of ether oxygens (including phenoxy) is 1. The Balaban J connectivity index is 3.67. The van der Waals surface area contributed by atoms with Crippen LogP contribution in [0.25, 0.3) is 0 Å². The number of carbonyl (C=O) groups is 1. The topological polar surface area (TPSA) is 26.3 Å². The maximum Gasteiger partial charge on any atom is 0.305 e. The molecule has 114 valence electrons. The molecule has 3 heteroatoms. The summed E-state index contributed by atoms with van der Waals surface area (Å²) in [7, 11) is 0. The predicted octanol–water partition coefficient (Wildman–Crippen LogP) is 3.77. The number of quaternary nitrogens is 1. The van der Waals surface area contributed by atoms with Gasteiger partial charge in [-0.1, -0.05) is 32.6 Å². The molecule has 0 radical (unpaired) electrons. The second-order valence-electron chi connectivity index (χ2n) is 5.40. The largest absolute Gasteiger partial charge is 0.460 e. The van der Waals surface area contributed by atoms with E-state index in [1.807, 2.05) is 0 Å². The second-order valence-corrected chi connectivity index (χ2v) is 5.40. The first-order chi connectivity index (χ1) is 9.14. The fourth-order valence-corrected chi connectivity index (χ4v) is 2.44. The summed E-state index contributed by atoms with van der Waals surface area (Å²) >= 11 is 0.